The van der Waals surface area contributed by atoms with Crippen molar-refractivity contribution in [3.05, 3.63) is 75.1 Å². The van der Waals surface area contributed by atoms with Gasteiger partial charge in [-0.15, -0.1) is 0 Å². The molecule has 3 aromatic heterocycles. The second-order valence-electron chi connectivity index (χ2n) is 7.45. The predicted molar refractivity (Wildman–Crippen MR) is 119 cm³/mol. The summed E-state index contributed by atoms with van der Waals surface area (Å²) < 4.78 is 1.70. The average molecular weight is 416 g/mol. The number of rotatable bonds is 5. The highest BCUT2D eigenvalue weighted by Gasteiger charge is 2.15. The van der Waals surface area contributed by atoms with E-state index in [1.807, 2.05) is 18.3 Å². The molecule has 4 aromatic rings. The van der Waals surface area contributed by atoms with E-state index in [9.17, 15) is 9.59 Å². The van der Waals surface area contributed by atoms with E-state index in [4.69, 9.17) is 0 Å². The van der Waals surface area contributed by atoms with Crippen molar-refractivity contribution >= 4 is 17.4 Å². The Labute approximate surface area is 179 Å². The van der Waals surface area contributed by atoms with E-state index in [1.54, 1.807) is 36.6 Å². The number of benzene rings is 1. The summed E-state index contributed by atoms with van der Waals surface area (Å²) in [6.45, 7) is 7.65. The Morgan fingerprint density at radius 3 is 2.42 bits per heavy atom. The molecule has 4 rings (SSSR count). The van der Waals surface area contributed by atoms with E-state index in [0.717, 1.165) is 41.2 Å². The van der Waals surface area contributed by atoms with Crippen LogP contribution in [0.4, 0.5) is 5.69 Å². The highest BCUT2D eigenvalue weighted by Crippen LogP contribution is 2.21. The Balaban J connectivity index is 1.58. The van der Waals surface area contributed by atoms with Gasteiger partial charge in [-0.05, 0) is 50.5 Å². The van der Waals surface area contributed by atoms with Crippen LogP contribution in [0.1, 0.15) is 46.9 Å². The van der Waals surface area contributed by atoms with Gasteiger partial charge < -0.3 is 10.3 Å². The lowest BCUT2D eigenvalue weighted by molar-refractivity contribution is 0.102. The number of carbonyl (C=O) groups excluding carboxylic acids is 1. The molecule has 8 heteroatoms. The summed E-state index contributed by atoms with van der Waals surface area (Å²) in [5, 5.41) is 7.41. The first-order valence-corrected chi connectivity index (χ1v) is 10.3. The number of hydrogen-bond donors (Lipinski definition) is 2. The SMILES string of the molecule is CCc1nc2nc(-c3ccc(NC(=O)c4c(C)cc(C)[nH]c4=O)cc3)cn2nc1CC. The molecule has 0 aliphatic rings. The van der Waals surface area contributed by atoms with Crippen molar-refractivity contribution in [1.29, 1.82) is 0 Å². The van der Waals surface area contributed by atoms with Crippen molar-refractivity contribution in [2.24, 2.45) is 0 Å². The maximum absolute atomic E-state index is 12.6. The summed E-state index contributed by atoms with van der Waals surface area (Å²) in [5.41, 5.74) is 5.24. The van der Waals surface area contributed by atoms with Gasteiger partial charge in [0, 0.05) is 16.9 Å². The number of amides is 1. The van der Waals surface area contributed by atoms with Gasteiger partial charge in [-0.25, -0.2) is 14.5 Å². The molecule has 2 N–H and O–H groups in total. The van der Waals surface area contributed by atoms with Gasteiger partial charge in [0.15, 0.2) is 0 Å². The molecular weight excluding hydrogens is 392 g/mol. The Hall–Kier alpha value is -3.81. The molecule has 1 aromatic carbocycles. The molecule has 1 amide bonds. The Kier molecular flexibility index (Phi) is 5.37. The van der Waals surface area contributed by atoms with Gasteiger partial charge >= 0.3 is 0 Å². The number of H-pyrrole nitrogens is 1. The number of nitrogens with zero attached hydrogens (tertiary/aromatic N) is 4. The number of aromatic amines is 1. The van der Waals surface area contributed by atoms with E-state index >= 15 is 0 Å². The third-order valence-electron chi connectivity index (χ3n) is 5.17. The van der Waals surface area contributed by atoms with Crippen molar-refractivity contribution in [2.75, 3.05) is 5.32 Å². The van der Waals surface area contributed by atoms with Crippen molar-refractivity contribution in [3.63, 3.8) is 0 Å². The van der Waals surface area contributed by atoms with Gasteiger partial charge in [0.1, 0.15) is 5.56 Å². The summed E-state index contributed by atoms with van der Waals surface area (Å²) in [4.78, 5) is 36.6. The molecule has 0 unspecified atom stereocenters. The van der Waals surface area contributed by atoms with Crippen LogP contribution in [0, 0.1) is 13.8 Å². The molecule has 0 saturated carbocycles. The van der Waals surface area contributed by atoms with Gasteiger partial charge in [0.2, 0.25) is 0 Å². The van der Waals surface area contributed by atoms with E-state index in [-0.39, 0.29) is 5.56 Å². The lowest BCUT2D eigenvalue weighted by atomic mass is 10.1. The molecular formula is C23H24N6O2. The van der Waals surface area contributed by atoms with Crippen molar-refractivity contribution in [3.8, 4) is 11.3 Å². The van der Waals surface area contributed by atoms with Crippen LogP contribution in [-0.4, -0.2) is 30.5 Å². The smallest absolute Gasteiger partial charge is 0.261 e. The van der Waals surface area contributed by atoms with Crippen LogP contribution in [0.2, 0.25) is 0 Å². The first-order chi connectivity index (χ1) is 14.9. The molecule has 0 atom stereocenters. The molecule has 3 heterocycles. The fourth-order valence-corrected chi connectivity index (χ4v) is 3.63. The minimum Gasteiger partial charge on any atom is -0.326 e. The van der Waals surface area contributed by atoms with Crippen LogP contribution in [0.25, 0.3) is 17.0 Å². The fourth-order valence-electron chi connectivity index (χ4n) is 3.63. The number of hydrogen-bond acceptors (Lipinski definition) is 5. The van der Waals surface area contributed by atoms with E-state index in [0.29, 0.717) is 17.0 Å². The van der Waals surface area contributed by atoms with E-state index in [2.05, 4.69) is 39.2 Å². The number of aromatic nitrogens is 5. The van der Waals surface area contributed by atoms with Crippen molar-refractivity contribution in [1.82, 2.24) is 24.6 Å². The zero-order chi connectivity index (χ0) is 22.1. The molecule has 0 spiro atoms. The molecule has 8 nitrogen and oxygen atoms in total. The van der Waals surface area contributed by atoms with Gasteiger partial charge in [-0.1, -0.05) is 26.0 Å². The molecule has 0 aliphatic heterocycles. The molecule has 0 bridgehead atoms. The number of anilines is 1. The van der Waals surface area contributed by atoms with Crippen LogP contribution in [0.5, 0.6) is 0 Å². The number of aryl methyl sites for hydroxylation is 4. The zero-order valence-corrected chi connectivity index (χ0v) is 18.0. The third-order valence-corrected chi connectivity index (χ3v) is 5.17. The van der Waals surface area contributed by atoms with E-state index in [1.165, 1.54) is 0 Å². The molecule has 0 aliphatic carbocycles. The quantitative estimate of drug-likeness (QED) is 0.518. The van der Waals surface area contributed by atoms with Crippen molar-refractivity contribution < 1.29 is 4.79 Å². The highest BCUT2D eigenvalue weighted by molar-refractivity contribution is 6.05. The maximum atomic E-state index is 12.6. The largest absolute Gasteiger partial charge is 0.326 e. The zero-order valence-electron chi connectivity index (χ0n) is 18.0. The number of imidazole rings is 1. The third kappa shape index (κ3) is 3.96. The maximum Gasteiger partial charge on any atom is 0.261 e. The monoisotopic (exact) mass is 416 g/mol. The molecule has 31 heavy (non-hydrogen) atoms. The Morgan fingerprint density at radius 1 is 1.06 bits per heavy atom. The first kappa shape index (κ1) is 20.5. The average Bonchev–Trinajstić information content (AvgIpc) is 3.15. The van der Waals surface area contributed by atoms with Crippen LogP contribution in [0.15, 0.2) is 41.3 Å². The summed E-state index contributed by atoms with van der Waals surface area (Å²) in [5.74, 6) is 0.127. The van der Waals surface area contributed by atoms with Gasteiger partial charge in [-0.3, -0.25) is 9.59 Å². The summed E-state index contributed by atoms with van der Waals surface area (Å²) in [7, 11) is 0. The minimum atomic E-state index is -0.438. The number of nitrogens with one attached hydrogen (secondary N) is 2. The summed E-state index contributed by atoms with van der Waals surface area (Å²) in [6, 6.07) is 9.07. The summed E-state index contributed by atoms with van der Waals surface area (Å²) in [6.07, 6.45) is 3.48. The van der Waals surface area contributed by atoms with Crippen LogP contribution in [0.3, 0.4) is 0 Å². The number of pyridine rings is 1. The highest BCUT2D eigenvalue weighted by atomic mass is 16.2. The van der Waals surface area contributed by atoms with Crippen molar-refractivity contribution in [2.45, 2.75) is 40.5 Å². The van der Waals surface area contributed by atoms with E-state index < -0.39 is 11.5 Å². The predicted octanol–water partition coefficient (Wildman–Crippen LogP) is 3.47. The minimum absolute atomic E-state index is 0.116. The van der Waals surface area contributed by atoms with Gasteiger partial charge in [0.05, 0.1) is 23.3 Å². The Morgan fingerprint density at radius 2 is 1.77 bits per heavy atom. The summed E-state index contributed by atoms with van der Waals surface area (Å²) >= 11 is 0. The van der Waals surface area contributed by atoms with Gasteiger partial charge in [0.25, 0.3) is 17.2 Å². The topological polar surface area (TPSA) is 105 Å². The van der Waals surface area contributed by atoms with Crippen LogP contribution < -0.4 is 10.9 Å². The standard InChI is InChI=1S/C23H24N6O2/c1-5-17-18(6-2)28-29-12-19(27-23(29)26-17)15-7-9-16(10-8-15)25-22(31)20-13(3)11-14(4)24-21(20)30/h7-12H,5-6H2,1-4H3,(H,24,30)(H,25,31). The van der Waals surface area contributed by atoms with Crippen LogP contribution >= 0.6 is 0 Å². The lowest BCUT2D eigenvalue weighted by Gasteiger charge is -2.08. The molecule has 158 valence electrons. The Bertz CT molecular complexity index is 1290. The molecule has 0 radical (unpaired) electrons. The normalized spacial score (nSPS) is 11.1. The second kappa shape index (κ2) is 8.14. The second-order valence-corrected chi connectivity index (χ2v) is 7.45. The van der Waals surface area contributed by atoms with Crippen LogP contribution in [-0.2, 0) is 12.8 Å². The molecule has 0 saturated heterocycles. The fraction of sp³-hybridized carbons (Fsp3) is 0.261. The lowest BCUT2D eigenvalue weighted by Crippen LogP contribution is -2.25. The number of fused-ring (bicyclic) bond motifs is 1. The number of carbonyl (C=O) groups is 1. The van der Waals surface area contributed by atoms with Gasteiger partial charge in [-0.2, -0.15) is 5.10 Å². The first-order valence-electron chi connectivity index (χ1n) is 10.3. The molecule has 0 fully saturated rings.